The minimum Gasteiger partial charge on any atom is -0.396 e. The van der Waals surface area contributed by atoms with E-state index in [0.717, 1.165) is 51.8 Å². The van der Waals surface area contributed by atoms with Crippen LogP contribution < -0.4 is 10.6 Å². The Morgan fingerprint density at radius 1 is 1.38 bits per heavy atom. The third-order valence-electron chi connectivity index (χ3n) is 5.29. The quantitative estimate of drug-likeness (QED) is 0.836. The molecule has 1 amide bonds. The number of hydrogen-bond acceptors (Lipinski definition) is 6. The lowest BCUT2D eigenvalue weighted by Crippen LogP contribution is -2.44. The van der Waals surface area contributed by atoms with Crippen LogP contribution in [0.1, 0.15) is 49.0 Å². The van der Waals surface area contributed by atoms with E-state index in [-0.39, 0.29) is 23.8 Å². The first-order valence-corrected chi connectivity index (χ1v) is 8.71. The van der Waals surface area contributed by atoms with Crippen molar-refractivity contribution in [2.24, 2.45) is 11.1 Å². The van der Waals surface area contributed by atoms with Gasteiger partial charge in [-0.05, 0) is 43.9 Å². The van der Waals surface area contributed by atoms with E-state index in [4.69, 9.17) is 10.5 Å². The second kappa shape index (κ2) is 7.44. The predicted molar refractivity (Wildman–Crippen MR) is 89.7 cm³/mol. The van der Waals surface area contributed by atoms with Crippen LogP contribution in [0.3, 0.4) is 0 Å². The zero-order valence-corrected chi connectivity index (χ0v) is 14.0. The van der Waals surface area contributed by atoms with Crippen LogP contribution in [0.2, 0.25) is 0 Å². The number of nitrogens with two attached hydrogens (primary N) is 1. The van der Waals surface area contributed by atoms with Gasteiger partial charge in [-0.1, -0.05) is 0 Å². The maximum Gasteiger partial charge on any atom is 0.268 e. The highest BCUT2D eigenvalue weighted by Crippen LogP contribution is 2.38. The second-order valence-electron chi connectivity index (χ2n) is 6.96. The number of anilines is 1. The Kier molecular flexibility index (Phi) is 5.30. The van der Waals surface area contributed by atoms with Gasteiger partial charge in [0.05, 0.1) is 18.5 Å². The van der Waals surface area contributed by atoms with Gasteiger partial charge in [-0.25, -0.2) is 4.98 Å². The number of aromatic nitrogens is 2. The van der Waals surface area contributed by atoms with Crippen molar-refractivity contribution in [3.8, 4) is 0 Å². The van der Waals surface area contributed by atoms with E-state index in [9.17, 15) is 9.90 Å². The molecule has 1 aromatic heterocycles. The van der Waals surface area contributed by atoms with Gasteiger partial charge in [-0.2, -0.15) is 0 Å². The highest BCUT2D eigenvalue weighted by Gasteiger charge is 2.37. The van der Waals surface area contributed by atoms with Gasteiger partial charge in [-0.15, -0.1) is 0 Å². The SMILES string of the molecule is NC(=O)c1cncc(N2CCC(CO)(C[C@@H]3CCCCO3)CC2)n1. The second-order valence-corrected chi connectivity index (χ2v) is 6.96. The number of rotatable bonds is 5. The standard InChI is InChI=1S/C17H26N4O3/c18-16(23)14-10-19-11-15(20-14)21-6-4-17(12-22,5-7-21)9-13-3-1-2-8-24-13/h10-11,13,22H,1-9,12H2,(H2,18,23)/t13-/m0/s1. The van der Waals surface area contributed by atoms with Gasteiger partial charge in [-0.3, -0.25) is 9.78 Å². The summed E-state index contributed by atoms with van der Waals surface area (Å²) in [6, 6.07) is 0. The Morgan fingerprint density at radius 2 is 2.17 bits per heavy atom. The molecule has 2 fully saturated rings. The number of carbonyl (C=O) groups is 1. The monoisotopic (exact) mass is 334 g/mol. The Hall–Kier alpha value is -1.73. The lowest BCUT2D eigenvalue weighted by atomic mass is 9.74. The van der Waals surface area contributed by atoms with Gasteiger partial charge >= 0.3 is 0 Å². The average molecular weight is 334 g/mol. The van der Waals surface area contributed by atoms with Gasteiger partial charge in [0.1, 0.15) is 11.5 Å². The summed E-state index contributed by atoms with van der Waals surface area (Å²) in [6.07, 6.45) is 9.45. The molecule has 2 aliphatic heterocycles. The molecule has 0 radical (unpaired) electrons. The summed E-state index contributed by atoms with van der Waals surface area (Å²) in [6.45, 7) is 2.59. The molecule has 0 unspecified atom stereocenters. The Morgan fingerprint density at radius 3 is 2.79 bits per heavy atom. The maximum absolute atomic E-state index is 11.3. The van der Waals surface area contributed by atoms with Crippen molar-refractivity contribution in [2.75, 3.05) is 31.2 Å². The number of primary amides is 1. The molecule has 3 heterocycles. The molecular weight excluding hydrogens is 308 g/mol. The third-order valence-corrected chi connectivity index (χ3v) is 5.29. The number of amides is 1. The van der Waals surface area contributed by atoms with Crippen molar-refractivity contribution >= 4 is 11.7 Å². The molecule has 2 aliphatic rings. The molecule has 0 aromatic carbocycles. The maximum atomic E-state index is 11.3. The van der Waals surface area contributed by atoms with Gasteiger partial charge in [0, 0.05) is 26.3 Å². The van der Waals surface area contributed by atoms with Crippen LogP contribution >= 0.6 is 0 Å². The molecule has 1 atom stereocenters. The van der Waals surface area contributed by atoms with Crippen molar-refractivity contribution in [3.63, 3.8) is 0 Å². The fraction of sp³-hybridized carbons (Fsp3) is 0.706. The van der Waals surface area contributed by atoms with Crippen LogP contribution in [0, 0.1) is 5.41 Å². The number of aliphatic hydroxyl groups is 1. The first kappa shape index (κ1) is 17.1. The number of hydrogen-bond donors (Lipinski definition) is 2. The number of piperidine rings is 1. The molecule has 132 valence electrons. The Balaban J connectivity index is 1.63. The normalized spacial score (nSPS) is 23.9. The van der Waals surface area contributed by atoms with Crippen LogP contribution in [0.15, 0.2) is 12.4 Å². The molecule has 0 saturated carbocycles. The molecule has 0 spiro atoms. The van der Waals surface area contributed by atoms with Crippen molar-refractivity contribution in [1.82, 2.24) is 9.97 Å². The summed E-state index contributed by atoms with van der Waals surface area (Å²) in [7, 11) is 0. The highest BCUT2D eigenvalue weighted by molar-refractivity contribution is 5.90. The van der Waals surface area contributed by atoms with E-state index >= 15 is 0 Å². The zero-order chi connectivity index (χ0) is 17.0. The van der Waals surface area contributed by atoms with E-state index in [1.807, 2.05) is 0 Å². The molecular formula is C17H26N4O3. The smallest absolute Gasteiger partial charge is 0.268 e. The topological polar surface area (TPSA) is 102 Å². The van der Waals surface area contributed by atoms with Crippen LogP contribution in [-0.2, 0) is 4.74 Å². The van der Waals surface area contributed by atoms with Crippen molar-refractivity contribution in [2.45, 2.75) is 44.6 Å². The minimum absolute atomic E-state index is 0.0762. The minimum atomic E-state index is -0.569. The fourth-order valence-electron chi connectivity index (χ4n) is 3.72. The van der Waals surface area contributed by atoms with Gasteiger partial charge in [0.15, 0.2) is 0 Å². The Labute approximate surface area is 142 Å². The van der Waals surface area contributed by atoms with Crippen LogP contribution in [-0.4, -0.2) is 53.4 Å². The Bertz CT molecular complexity index is 567. The fourth-order valence-corrected chi connectivity index (χ4v) is 3.72. The summed E-state index contributed by atoms with van der Waals surface area (Å²) in [5.41, 5.74) is 5.38. The number of ether oxygens (including phenoxy) is 1. The molecule has 0 bridgehead atoms. The summed E-state index contributed by atoms with van der Waals surface area (Å²) >= 11 is 0. The molecule has 7 heteroatoms. The third kappa shape index (κ3) is 3.84. The van der Waals surface area contributed by atoms with Crippen LogP contribution in [0.4, 0.5) is 5.82 Å². The highest BCUT2D eigenvalue weighted by atomic mass is 16.5. The molecule has 3 N–H and O–H groups in total. The summed E-state index contributed by atoms with van der Waals surface area (Å²) in [5, 5.41) is 9.98. The van der Waals surface area contributed by atoms with Crippen molar-refractivity contribution in [1.29, 1.82) is 0 Å². The number of aliphatic hydroxyl groups excluding tert-OH is 1. The lowest BCUT2D eigenvalue weighted by Gasteiger charge is -2.43. The number of carbonyl (C=O) groups excluding carboxylic acids is 1. The lowest BCUT2D eigenvalue weighted by molar-refractivity contribution is -0.0355. The van der Waals surface area contributed by atoms with Crippen molar-refractivity contribution in [3.05, 3.63) is 18.1 Å². The van der Waals surface area contributed by atoms with E-state index in [0.29, 0.717) is 5.82 Å². The van der Waals surface area contributed by atoms with Gasteiger partial charge in [0.2, 0.25) is 0 Å². The van der Waals surface area contributed by atoms with E-state index in [2.05, 4.69) is 14.9 Å². The molecule has 0 aliphatic carbocycles. The van der Waals surface area contributed by atoms with E-state index in [1.165, 1.54) is 12.6 Å². The molecule has 7 nitrogen and oxygen atoms in total. The van der Waals surface area contributed by atoms with Gasteiger partial charge < -0.3 is 20.5 Å². The molecule has 24 heavy (non-hydrogen) atoms. The largest absolute Gasteiger partial charge is 0.396 e. The first-order valence-electron chi connectivity index (χ1n) is 8.71. The molecule has 1 aromatic rings. The predicted octanol–water partition coefficient (Wildman–Crippen LogP) is 1.11. The van der Waals surface area contributed by atoms with Gasteiger partial charge in [0.25, 0.3) is 5.91 Å². The summed E-state index contributed by atoms with van der Waals surface area (Å²) < 4.78 is 5.86. The summed E-state index contributed by atoms with van der Waals surface area (Å²) in [5.74, 6) is 0.104. The first-order chi connectivity index (χ1) is 11.6. The average Bonchev–Trinajstić information content (AvgIpc) is 2.63. The van der Waals surface area contributed by atoms with E-state index in [1.54, 1.807) is 6.20 Å². The number of nitrogens with zero attached hydrogens (tertiary/aromatic N) is 3. The summed E-state index contributed by atoms with van der Waals surface area (Å²) in [4.78, 5) is 21.7. The van der Waals surface area contributed by atoms with Crippen LogP contribution in [0.5, 0.6) is 0 Å². The molecule has 2 saturated heterocycles. The van der Waals surface area contributed by atoms with E-state index < -0.39 is 5.91 Å². The van der Waals surface area contributed by atoms with Crippen molar-refractivity contribution < 1.29 is 14.6 Å². The molecule has 3 rings (SSSR count). The zero-order valence-electron chi connectivity index (χ0n) is 14.0. The van der Waals surface area contributed by atoms with Crippen LogP contribution in [0.25, 0.3) is 0 Å².